The number of carbonyl (C=O) groups excluding carboxylic acids is 2. The normalized spacial score (nSPS) is 19.6. The largest absolute Gasteiger partial charge is 0.383 e. The van der Waals surface area contributed by atoms with Gasteiger partial charge in [0, 0.05) is 37.0 Å². The molecule has 6 heteroatoms. The van der Waals surface area contributed by atoms with Crippen LogP contribution >= 0.6 is 0 Å². The highest BCUT2D eigenvalue weighted by Gasteiger charge is 2.38. The van der Waals surface area contributed by atoms with E-state index >= 15 is 0 Å². The molecule has 1 aliphatic rings. The van der Waals surface area contributed by atoms with E-state index in [0.717, 1.165) is 22.4 Å². The highest BCUT2D eigenvalue weighted by Crippen LogP contribution is 2.36. The first-order valence-corrected chi connectivity index (χ1v) is 10.5. The van der Waals surface area contributed by atoms with Crippen LogP contribution in [0.5, 0.6) is 0 Å². The number of hydrogen-bond acceptors (Lipinski definition) is 4. The Kier molecular flexibility index (Phi) is 6.87. The monoisotopic (exact) mass is 409 g/mol. The first-order valence-electron chi connectivity index (χ1n) is 10.5. The van der Waals surface area contributed by atoms with Gasteiger partial charge in [-0.2, -0.15) is 0 Å². The zero-order valence-corrected chi connectivity index (χ0v) is 18.4. The molecule has 30 heavy (non-hydrogen) atoms. The van der Waals surface area contributed by atoms with Crippen LogP contribution in [0.3, 0.4) is 0 Å². The van der Waals surface area contributed by atoms with Crippen molar-refractivity contribution in [1.82, 2.24) is 15.6 Å². The Morgan fingerprint density at radius 1 is 1.27 bits per heavy atom. The molecule has 0 bridgehead atoms. The SMILES string of the molecule is COC[C@@H](C)NC(=O)c1cc(-c2ccc(C)cn2)cc([C@@H]2C(=O)NCC2C(C)C)c1. The predicted octanol–water partition coefficient (Wildman–Crippen LogP) is 3.31. The van der Waals surface area contributed by atoms with E-state index in [0.29, 0.717) is 24.6 Å². The molecule has 2 heterocycles. The number of nitrogens with one attached hydrogen (secondary N) is 2. The summed E-state index contributed by atoms with van der Waals surface area (Å²) in [5.41, 5.74) is 4.06. The minimum absolute atomic E-state index is 0.0156. The van der Waals surface area contributed by atoms with Gasteiger partial charge in [-0.25, -0.2) is 0 Å². The molecule has 0 aliphatic carbocycles. The lowest BCUT2D eigenvalue weighted by Gasteiger charge is -2.22. The van der Waals surface area contributed by atoms with Crippen LogP contribution in [-0.4, -0.2) is 43.1 Å². The molecule has 1 saturated heterocycles. The van der Waals surface area contributed by atoms with Crippen molar-refractivity contribution >= 4 is 11.8 Å². The van der Waals surface area contributed by atoms with Gasteiger partial charge in [-0.1, -0.05) is 19.9 Å². The van der Waals surface area contributed by atoms with Gasteiger partial charge in [-0.05, 0) is 61.1 Å². The van der Waals surface area contributed by atoms with E-state index in [1.165, 1.54) is 0 Å². The number of methoxy groups -OCH3 is 1. The third-order valence-corrected chi connectivity index (χ3v) is 5.66. The molecule has 0 spiro atoms. The van der Waals surface area contributed by atoms with Crippen LogP contribution in [0.4, 0.5) is 0 Å². The molecule has 2 N–H and O–H groups in total. The maximum absolute atomic E-state index is 12.9. The zero-order valence-electron chi connectivity index (χ0n) is 18.4. The lowest BCUT2D eigenvalue weighted by atomic mass is 9.80. The molecule has 2 aromatic rings. The van der Waals surface area contributed by atoms with E-state index in [9.17, 15) is 9.59 Å². The Labute approximate surface area is 178 Å². The zero-order chi connectivity index (χ0) is 21.8. The van der Waals surface area contributed by atoms with E-state index in [2.05, 4.69) is 29.5 Å². The van der Waals surface area contributed by atoms with Crippen LogP contribution in [-0.2, 0) is 9.53 Å². The van der Waals surface area contributed by atoms with Gasteiger partial charge in [0.2, 0.25) is 5.91 Å². The van der Waals surface area contributed by atoms with Crippen LogP contribution in [0.15, 0.2) is 36.5 Å². The van der Waals surface area contributed by atoms with Crippen molar-refractivity contribution in [1.29, 1.82) is 0 Å². The lowest BCUT2D eigenvalue weighted by Crippen LogP contribution is -2.35. The first-order chi connectivity index (χ1) is 14.3. The second kappa shape index (κ2) is 9.39. The second-order valence-corrected chi connectivity index (χ2v) is 8.53. The summed E-state index contributed by atoms with van der Waals surface area (Å²) in [5.74, 6) is 0.0746. The number of aryl methyl sites for hydroxylation is 1. The molecular formula is C24H31N3O3. The Morgan fingerprint density at radius 2 is 2.03 bits per heavy atom. The third kappa shape index (κ3) is 4.87. The first kappa shape index (κ1) is 22.0. The minimum atomic E-state index is -0.279. The van der Waals surface area contributed by atoms with E-state index in [1.807, 2.05) is 50.4 Å². The van der Waals surface area contributed by atoms with Gasteiger partial charge < -0.3 is 15.4 Å². The topological polar surface area (TPSA) is 80.3 Å². The average molecular weight is 410 g/mol. The summed E-state index contributed by atoms with van der Waals surface area (Å²) in [7, 11) is 1.61. The maximum atomic E-state index is 12.9. The number of pyridine rings is 1. The molecular weight excluding hydrogens is 378 g/mol. The van der Waals surface area contributed by atoms with E-state index in [-0.39, 0.29) is 29.7 Å². The standard InChI is InChI=1S/C24H31N3O3/c1-14(2)20-12-26-24(29)22(20)18-8-17(21-7-6-15(3)11-25-21)9-19(10-18)23(28)27-16(4)13-30-5/h6-11,14,16,20,22H,12-13H2,1-5H3,(H,26,29)(H,27,28)/t16-,20?,22+/m1/s1. The molecule has 6 nitrogen and oxygen atoms in total. The second-order valence-electron chi connectivity index (χ2n) is 8.53. The summed E-state index contributed by atoms with van der Waals surface area (Å²) in [5, 5.41) is 5.96. The van der Waals surface area contributed by atoms with Crippen molar-refractivity contribution in [3.63, 3.8) is 0 Å². The summed E-state index contributed by atoms with van der Waals surface area (Å²) < 4.78 is 5.13. The minimum Gasteiger partial charge on any atom is -0.383 e. The number of amides is 2. The summed E-state index contributed by atoms with van der Waals surface area (Å²) in [6.45, 7) is 9.22. The number of nitrogens with zero attached hydrogens (tertiary/aromatic N) is 1. The quantitative estimate of drug-likeness (QED) is 0.735. The number of hydrogen-bond donors (Lipinski definition) is 2. The Bertz CT molecular complexity index is 908. The molecule has 1 aliphatic heterocycles. The van der Waals surface area contributed by atoms with E-state index < -0.39 is 0 Å². The van der Waals surface area contributed by atoms with Crippen molar-refractivity contribution in [3.8, 4) is 11.3 Å². The van der Waals surface area contributed by atoms with Crippen molar-refractivity contribution in [2.45, 2.75) is 39.7 Å². The van der Waals surface area contributed by atoms with Crippen molar-refractivity contribution < 1.29 is 14.3 Å². The van der Waals surface area contributed by atoms with Crippen LogP contribution in [0.2, 0.25) is 0 Å². The molecule has 3 atom stereocenters. The Hall–Kier alpha value is -2.73. The maximum Gasteiger partial charge on any atom is 0.251 e. The van der Waals surface area contributed by atoms with Gasteiger partial charge in [-0.15, -0.1) is 0 Å². The predicted molar refractivity (Wildman–Crippen MR) is 117 cm³/mol. The smallest absolute Gasteiger partial charge is 0.251 e. The van der Waals surface area contributed by atoms with Gasteiger partial charge in [-0.3, -0.25) is 14.6 Å². The fourth-order valence-electron chi connectivity index (χ4n) is 4.01. The van der Waals surface area contributed by atoms with Crippen molar-refractivity contribution in [2.75, 3.05) is 20.3 Å². The van der Waals surface area contributed by atoms with Gasteiger partial charge >= 0.3 is 0 Å². The van der Waals surface area contributed by atoms with Crippen LogP contribution in [0.1, 0.15) is 48.2 Å². The fraction of sp³-hybridized carbons (Fsp3) is 0.458. The molecule has 1 unspecified atom stereocenters. The Balaban J connectivity index is 2.05. The number of carbonyl (C=O) groups is 2. The van der Waals surface area contributed by atoms with Crippen molar-refractivity contribution in [2.24, 2.45) is 11.8 Å². The highest BCUT2D eigenvalue weighted by molar-refractivity contribution is 5.96. The molecule has 3 rings (SSSR count). The van der Waals surface area contributed by atoms with Gasteiger partial charge in [0.05, 0.1) is 18.2 Å². The molecule has 0 radical (unpaired) electrons. The number of aromatic nitrogens is 1. The summed E-state index contributed by atoms with van der Waals surface area (Å²) in [6, 6.07) is 9.50. The molecule has 1 aromatic carbocycles. The van der Waals surface area contributed by atoms with E-state index in [4.69, 9.17) is 4.74 Å². The van der Waals surface area contributed by atoms with Gasteiger partial charge in [0.25, 0.3) is 5.91 Å². The number of rotatable bonds is 7. The summed E-state index contributed by atoms with van der Waals surface area (Å²) >= 11 is 0. The molecule has 1 aromatic heterocycles. The van der Waals surface area contributed by atoms with Crippen molar-refractivity contribution in [3.05, 3.63) is 53.2 Å². The Morgan fingerprint density at radius 3 is 2.67 bits per heavy atom. The third-order valence-electron chi connectivity index (χ3n) is 5.66. The van der Waals surface area contributed by atoms with Gasteiger partial charge in [0.1, 0.15) is 0 Å². The summed E-state index contributed by atoms with van der Waals surface area (Å²) in [4.78, 5) is 30.2. The number of benzene rings is 1. The van der Waals surface area contributed by atoms with Crippen LogP contribution in [0, 0.1) is 18.8 Å². The average Bonchev–Trinajstić information content (AvgIpc) is 3.10. The van der Waals surface area contributed by atoms with Crippen LogP contribution in [0.25, 0.3) is 11.3 Å². The van der Waals surface area contributed by atoms with Gasteiger partial charge in [0.15, 0.2) is 0 Å². The lowest BCUT2D eigenvalue weighted by molar-refractivity contribution is -0.120. The van der Waals surface area contributed by atoms with E-state index in [1.54, 1.807) is 7.11 Å². The molecule has 2 amide bonds. The molecule has 1 fully saturated rings. The summed E-state index contributed by atoms with van der Waals surface area (Å²) in [6.07, 6.45) is 1.81. The molecule has 0 saturated carbocycles. The highest BCUT2D eigenvalue weighted by atomic mass is 16.5. The van der Waals surface area contributed by atoms with Crippen LogP contribution < -0.4 is 10.6 Å². The molecule has 160 valence electrons. The fourth-order valence-corrected chi connectivity index (χ4v) is 4.01. The number of ether oxygens (including phenoxy) is 1.